The zero-order chi connectivity index (χ0) is 10.2. The molecule has 1 saturated carbocycles. The van der Waals surface area contributed by atoms with E-state index < -0.39 is 0 Å². The first-order chi connectivity index (χ1) is 6.68. The minimum Gasteiger partial charge on any atom is -0.211 e. The van der Waals surface area contributed by atoms with Gasteiger partial charge in [-0.1, -0.05) is 28.1 Å². The Morgan fingerprint density at radius 1 is 1.50 bits per heavy atom. The molecule has 72 valence electrons. The molecule has 1 aromatic carbocycles. The summed E-state index contributed by atoms with van der Waals surface area (Å²) in [7, 11) is 0. The normalized spacial score (nSPS) is 17.3. The maximum Gasteiger partial charge on any atom is 0.235 e. The number of rotatable bonds is 2. The zero-order valence-corrected chi connectivity index (χ0v) is 9.47. The van der Waals surface area contributed by atoms with Crippen LogP contribution in [0, 0.1) is 6.92 Å². The minimum atomic E-state index is -0.252. The summed E-state index contributed by atoms with van der Waals surface area (Å²) < 4.78 is 1.07. The van der Waals surface area contributed by atoms with E-state index in [1.165, 1.54) is 5.56 Å². The predicted molar refractivity (Wildman–Crippen MR) is 57.9 cm³/mol. The molecular formula is C11H10BrNO. The van der Waals surface area contributed by atoms with Gasteiger partial charge in [0.05, 0.1) is 5.54 Å². The van der Waals surface area contributed by atoms with E-state index in [-0.39, 0.29) is 5.54 Å². The topological polar surface area (TPSA) is 29.4 Å². The molecule has 0 unspecified atom stereocenters. The monoisotopic (exact) mass is 251 g/mol. The van der Waals surface area contributed by atoms with Crippen LogP contribution in [0.2, 0.25) is 0 Å². The number of benzene rings is 1. The van der Waals surface area contributed by atoms with Crippen molar-refractivity contribution in [3.8, 4) is 0 Å². The fourth-order valence-corrected chi connectivity index (χ4v) is 1.93. The summed E-state index contributed by atoms with van der Waals surface area (Å²) in [4.78, 5) is 14.2. The molecule has 2 nitrogen and oxygen atoms in total. The van der Waals surface area contributed by atoms with Crippen LogP contribution in [0.25, 0.3) is 0 Å². The van der Waals surface area contributed by atoms with Gasteiger partial charge in [0, 0.05) is 4.47 Å². The van der Waals surface area contributed by atoms with Crippen molar-refractivity contribution < 1.29 is 4.79 Å². The summed E-state index contributed by atoms with van der Waals surface area (Å²) in [5.74, 6) is 0. The first-order valence-corrected chi connectivity index (χ1v) is 5.33. The Labute approximate surface area is 91.2 Å². The van der Waals surface area contributed by atoms with Crippen molar-refractivity contribution in [3.63, 3.8) is 0 Å². The van der Waals surface area contributed by atoms with Crippen LogP contribution in [-0.4, -0.2) is 6.08 Å². The Morgan fingerprint density at radius 3 is 2.71 bits per heavy atom. The molecular weight excluding hydrogens is 242 g/mol. The standard InChI is InChI=1S/C11H10BrNO/c1-8-2-3-9(6-10(8)12)11(4-5-11)13-7-14/h2-3,6H,4-5H2,1H3. The van der Waals surface area contributed by atoms with Gasteiger partial charge in [-0.2, -0.15) is 4.99 Å². The van der Waals surface area contributed by atoms with Crippen LogP contribution in [0.3, 0.4) is 0 Å². The molecule has 0 atom stereocenters. The average Bonchev–Trinajstić information content (AvgIpc) is 2.91. The van der Waals surface area contributed by atoms with E-state index in [9.17, 15) is 4.79 Å². The molecule has 1 aliphatic carbocycles. The summed E-state index contributed by atoms with van der Waals surface area (Å²) in [6.07, 6.45) is 3.57. The molecule has 0 saturated heterocycles. The van der Waals surface area contributed by atoms with Gasteiger partial charge in [0.15, 0.2) is 0 Å². The number of isocyanates is 1. The number of carbonyl (C=O) groups excluding carboxylic acids is 1. The second-order valence-electron chi connectivity index (χ2n) is 3.70. The second kappa shape index (κ2) is 3.34. The maximum absolute atomic E-state index is 10.3. The molecule has 0 N–H and O–H groups in total. The Hall–Kier alpha value is -0.920. The molecule has 2 rings (SSSR count). The lowest BCUT2D eigenvalue weighted by Gasteiger charge is -2.09. The minimum absolute atomic E-state index is 0.252. The van der Waals surface area contributed by atoms with E-state index >= 15 is 0 Å². The molecule has 0 heterocycles. The predicted octanol–water partition coefficient (Wildman–Crippen LogP) is 3.08. The molecule has 0 spiro atoms. The van der Waals surface area contributed by atoms with Crippen LogP contribution in [-0.2, 0) is 10.3 Å². The molecule has 1 aromatic rings. The van der Waals surface area contributed by atoms with Crippen LogP contribution in [0.4, 0.5) is 0 Å². The van der Waals surface area contributed by atoms with Crippen LogP contribution in [0.15, 0.2) is 27.7 Å². The third-order valence-corrected chi connectivity index (χ3v) is 3.55. The number of aliphatic imine (C=N–C) groups is 1. The molecule has 0 radical (unpaired) electrons. The third-order valence-electron chi connectivity index (χ3n) is 2.69. The molecule has 14 heavy (non-hydrogen) atoms. The van der Waals surface area contributed by atoms with Crippen molar-refractivity contribution in [1.29, 1.82) is 0 Å². The average molecular weight is 252 g/mol. The SMILES string of the molecule is Cc1ccc(C2(N=C=O)CC2)cc1Br. The first kappa shape index (κ1) is 9.63. The van der Waals surface area contributed by atoms with Crippen LogP contribution in [0.5, 0.6) is 0 Å². The van der Waals surface area contributed by atoms with E-state index in [4.69, 9.17) is 0 Å². The fourth-order valence-electron chi connectivity index (χ4n) is 1.55. The first-order valence-electron chi connectivity index (χ1n) is 4.54. The van der Waals surface area contributed by atoms with Gasteiger partial charge in [-0.05, 0) is 37.0 Å². The lowest BCUT2D eigenvalue weighted by atomic mass is 10.0. The Balaban J connectivity index is 2.42. The van der Waals surface area contributed by atoms with Gasteiger partial charge in [-0.25, -0.2) is 4.79 Å². The van der Waals surface area contributed by atoms with Crippen molar-refractivity contribution in [1.82, 2.24) is 0 Å². The van der Waals surface area contributed by atoms with Gasteiger partial charge in [-0.15, -0.1) is 0 Å². The summed E-state index contributed by atoms with van der Waals surface area (Å²) in [6.45, 7) is 2.04. The zero-order valence-electron chi connectivity index (χ0n) is 7.88. The highest BCUT2D eigenvalue weighted by molar-refractivity contribution is 9.10. The van der Waals surface area contributed by atoms with Gasteiger partial charge in [-0.3, -0.25) is 0 Å². The lowest BCUT2D eigenvalue weighted by molar-refractivity contribution is 0.556. The molecule has 1 fully saturated rings. The summed E-state index contributed by atoms with van der Waals surface area (Å²) in [5.41, 5.74) is 2.05. The maximum atomic E-state index is 10.3. The highest BCUT2D eigenvalue weighted by Gasteiger charge is 2.44. The van der Waals surface area contributed by atoms with Crippen LogP contribution < -0.4 is 0 Å². The summed E-state index contributed by atoms with van der Waals surface area (Å²) in [6, 6.07) is 6.12. The Bertz CT molecular complexity index is 417. The van der Waals surface area contributed by atoms with Gasteiger partial charge >= 0.3 is 0 Å². The van der Waals surface area contributed by atoms with Crippen LogP contribution >= 0.6 is 15.9 Å². The van der Waals surface area contributed by atoms with Gasteiger partial charge in [0.1, 0.15) is 0 Å². The van der Waals surface area contributed by atoms with Gasteiger partial charge < -0.3 is 0 Å². The molecule has 0 aromatic heterocycles. The van der Waals surface area contributed by atoms with Crippen molar-refractivity contribution in [2.24, 2.45) is 4.99 Å². The van der Waals surface area contributed by atoms with Gasteiger partial charge in [0.2, 0.25) is 6.08 Å². The highest BCUT2D eigenvalue weighted by Crippen LogP contribution is 2.49. The summed E-state index contributed by atoms with van der Waals surface area (Å²) in [5, 5.41) is 0. The Morgan fingerprint density at radius 2 is 2.21 bits per heavy atom. The molecule has 0 amide bonds. The second-order valence-corrected chi connectivity index (χ2v) is 4.55. The van der Waals surface area contributed by atoms with E-state index in [0.29, 0.717) is 0 Å². The molecule has 3 heteroatoms. The molecule has 0 aliphatic heterocycles. The Kier molecular flexibility index (Phi) is 2.30. The van der Waals surface area contributed by atoms with Crippen molar-refractivity contribution >= 4 is 22.0 Å². The largest absolute Gasteiger partial charge is 0.235 e. The van der Waals surface area contributed by atoms with Crippen LogP contribution in [0.1, 0.15) is 24.0 Å². The van der Waals surface area contributed by atoms with Crippen molar-refractivity contribution in [3.05, 3.63) is 33.8 Å². The molecule has 0 bridgehead atoms. The van der Waals surface area contributed by atoms with Crippen molar-refractivity contribution in [2.75, 3.05) is 0 Å². The van der Waals surface area contributed by atoms with Crippen molar-refractivity contribution in [2.45, 2.75) is 25.3 Å². The van der Waals surface area contributed by atoms with E-state index in [1.54, 1.807) is 6.08 Å². The van der Waals surface area contributed by atoms with Gasteiger partial charge in [0.25, 0.3) is 0 Å². The third kappa shape index (κ3) is 1.54. The fraction of sp³-hybridized carbons (Fsp3) is 0.364. The molecule has 1 aliphatic rings. The number of nitrogens with zero attached hydrogens (tertiary/aromatic N) is 1. The summed E-state index contributed by atoms with van der Waals surface area (Å²) >= 11 is 3.48. The number of aryl methyl sites for hydroxylation is 1. The number of hydrogen-bond acceptors (Lipinski definition) is 2. The lowest BCUT2D eigenvalue weighted by Crippen LogP contribution is -2.02. The van der Waals surface area contributed by atoms with E-state index in [2.05, 4.69) is 20.9 Å². The number of halogens is 1. The highest BCUT2D eigenvalue weighted by atomic mass is 79.9. The quantitative estimate of drug-likeness (QED) is 0.587. The smallest absolute Gasteiger partial charge is 0.211 e. The van der Waals surface area contributed by atoms with E-state index in [0.717, 1.165) is 22.9 Å². The number of hydrogen-bond donors (Lipinski definition) is 0. The van der Waals surface area contributed by atoms with E-state index in [1.807, 2.05) is 25.1 Å².